The van der Waals surface area contributed by atoms with Crippen LogP contribution in [0.25, 0.3) is 0 Å². The lowest BCUT2D eigenvalue weighted by Gasteiger charge is -2.04. The van der Waals surface area contributed by atoms with E-state index in [0.717, 1.165) is 26.2 Å². The largest absolute Gasteiger partial charge is 0.382 e. The second-order valence-electron chi connectivity index (χ2n) is 3.09. The fraction of sp³-hybridized carbons (Fsp3) is 0.500. The van der Waals surface area contributed by atoms with Gasteiger partial charge >= 0.3 is 0 Å². The summed E-state index contributed by atoms with van der Waals surface area (Å²) < 4.78 is 10.7. The predicted molar refractivity (Wildman–Crippen MR) is 57.2 cm³/mol. The zero-order valence-electron chi connectivity index (χ0n) is 8.74. The zero-order chi connectivity index (χ0) is 10.1. The normalized spacial score (nSPS) is 10.4. The van der Waals surface area contributed by atoms with Crippen LogP contribution in [0.3, 0.4) is 0 Å². The molecule has 78 valence electrons. The van der Waals surface area contributed by atoms with Crippen LogP contribution in [-0.4, -0.2) is 19.8 Å². The number of hydrogen-bond acceptors (Lipinski definition) is 2. The molecular weight excluding hydrogens is 176 g/mol. The van der Waals surface area contributed by atoms with Crippen molar-refractivity contribution in [3.8, 4) is 0 Å². The first-order valence-electron chi connectivity index (χ1n) is 5.13. The molecular formula is C12H18O2. The molecule has 0 saturated heterocycles. The molecule has 0 radical (unpaired) electrons. The van der Waals surface area contributed by atoms with Crippen molar-refractivity contribution in [2.75, 3.05) is 19.8 Å². The molecule has 1 aromatic carbocycles. The average molecular weight is 194 g/mol. The van der Waals surface area contributed by atoms with Crippen LogP contribution in [0.2, 0.25) is 0 Å². The maximum Gasteiger partial charge on any atom is 0.0716 e. The van der Waals surface area contributed by atoms with Gasteiger partial charge in [-0.1, -0.05) is 30.3 Å². The van der Waals surface area contributed by atoms with Gasteiger partial charge in [-0.05, 0) is 18.9 Å². The molecule has 0 saturated carbocycles. The van der Waals surface area contributed by atoms with Crippen molar-refractivity contribution in [3.05, 3.63) is 35.9 Å². The second kappa shape index (κ2) is 7.54. The summed E-state index contributed by atoms with van der Waals surface area (Å²) in [6.45, 7) is 5.07. The van der Waals surface area contributed by atoms with Crippen LogP contribution in [0.15, 0.2) is 30.3 Å². The van der Waals surface area contributed by atoms with Crippen molar-refractivity contribution in [3.63, 3.8) is 0 Å². The molecule has 0 atom stereocenters. The molecule has 0 N–H and O–H groups in total. The van der Waals surface area contributed by atoms with Crippen molar-refractivity contribution in [1.82, 2.24) is 0 Å². The Morgan fingerprint density at radius 3 is 2.43 bits per heavy atom. The Balaban J connectivity index is 1.99. The van der Waals surface area contributed by atoms with Gasteiger partial charge in [-0.2, -0.15) is 0 Å². The average Bonchev–Trinajstić information content (AvgIpc) is 2.25. The van der Waals surface area contributed by atoms with Crippen molar-refractivity contribution in [2.24, 2.45) is 0 Å². The van der Waals surface area contributed by atoms with Gasteiger partial charge in [-0.15, -0.1) is 0 Å². The quantitative estimate of drug-likeness (QED) is 0.621. The Bertz CT molecular complexity index is 221. The molecule has 0 amide bonds. The zero-order valence-corrected chi connectivity index (χ0v) is 8.74. The lowest BCUT2D eigenvalue weighted by Crippen LogP contribution is -2.00. The van der Waals surface area contributed by atoms with Crippen molar-refractivity contribution >= 4 is 0 Å². The summed E-state index contributed by atoms with van der Waals surface area (Å²) in [7, 11) is 0. The highest BCUT2D eigenvalue weighted by atomic mass is 16.5. The van der Waals surface area contributed by atoms with Crippen LogP contribution in [-0.2, 0) is 16.1 Å². The van der Waals surface area contributed by atoms with Crippen LogP contribution in [0, 0.1) is 0 Å². The maximum atomic E-state index is 5.49. The highest BCUT2D eigenvalue weighted by molar-refractivity contribution is 5.13. The van der Waals surface area contributed by atoms with E-state index in [4.69, 9.17) is 9.47 Å². The van der Waals surface area contributed by atoms with Crippen molar-refractivity contribution in [1.29, 1.82) is 0 Å². The summed E-state index contributed by atoms with van der Waals surface area (Å²) in [5.41, 5.74) is 1.23. The van der Waals surface area contributed by atoms with E-state index in [9.17, 15) is 0 Å². The Hall–Kier alpha value is -0.860. The molecule has 0 fully saturated rings. The highest BCUT2D eigenvalue weighted by Gasteiger charge is 1.91. The second-order valence-corrected chi connectivity index (χ2v) is 3.09. The van der Waals surface area contributed by atoms with Crippen LogP contribution in [0.5, 0.6) is 0 Å². The van der Waals surface area contributed by atoms with E-state index in [1.54, 1.807) is 0 Å². The minimum Gasteiger partial charge on any atom is -0.382 e. The minimum absolute atomic E-state index is 0.701. The SMILES string of the molecule is CCOCCCOCc1ccccc1. The van der Waals surface area contributed by atoms with Crippen LogP contribution >= 0.6 is 0 Å². The van der Waals surface area contributed by atoms with E-state index in [2.05, 4.69) is 12.1 Å². The van der Waals surface area contributed by atoms with Crippen molar-refractivity contribution in [2.45, 2.75) is 20.0 Å². The molecule has 0 spiro atoms. The number of ether oxygens (including phenoxy) is 2. The Labute approximate surface area is 85.8 Å². The Morgan fingerprint density at radius 1 is 1.00 bits per heavy atom. The van der Waals surface area contributed by atoms with Crippen LogP contribution in [0.4, 0.5) is 0 Å². The molecule has 0 bridgehead atoms. The summed E-state index contributed by atoms with van der Waals surface area (Å²) in [6, 6.07) is 10.2. The van der Waals surface area contributed by atoms with E-state index in [1.807, 2.05) is 25.1 Å². The number of hydrogen-bond donors (Lipinski definition) is 0. The maximum absolute atomic E-state index is 5.49. The third kappa shape index (κ3) is 5.00. The molecule has 0 aliphatic rings. The van der Waals surface area contributed by atoms with Gasteiger partial charge in [0.15, 0.2) is 0 Å². The van der Waals surface area contributed by atoms with Crippen molar-refractivity contribution < 1.29 is 9.47 Å². The first-order chi connectivity index (χ1) is 6.93. The Morgan fingerprint density at radius 2 is 1.71 bits per heavy atom. The van der Waals surface area contributed by atoms with E-state index >= 15 is 0 Å². The summed E-state index contributed by atoms with van der Waals surface area (Å²) in [4.78, 5) is 0. The highest BCUT2D eigenvalue weighted by Crippen LogP contribution is 2.00. The number of rotatable bonds is 7. The van der Waals surface area contributed by atoms with E-state index in [1.165, 1.54) is 5.56 Å². The van der Waals surface area contributed by atoms with Gasteiger partial charge in [0.2, 0.25) is 0 Å². The monoisotopic (exact) mass is 194 g/mol. The third-order valence-electron chi connectivity index (χ3n) is 1.89. The summed E-state index contributed by atoms with van der Waals surface area (Å²) >= 11 is 0. The Kier molecular flexibility index (Phi) is 6.04. The topological polar surface area (TPSA) is 18.5 Å². The lowest BCUT2D eigenvalue weighted by atomic mass is 10.2. The molecule has 0 heterocycles. The van der Waals surface area contributed by atoms with Gasteiger partial charge in [-0.3, -0.25) is 0 Å². The summed E-state index contributed by atoms with van der Waals surface area (Å²) in [6.07, 6.45) is 0.973. The van der Waals surface area contributed by atoms with Crippen LogP contribution < -0.4 is 0 Å². The molecule has 1 rings (SSSR count). The first kappa shape index (κ1) is 11.2. The lowest BCUT2D eigenvalue weighted by molar-refractivity contribution is 0.0802. The summed E-state index contributed by atoms with van der Waals surface area (Å²) in [5.74, 6) is 0. The van der Waals surface area contributed by atoms with Crippen LogP contribution in [0.1, 0.15) is 18.9 Å². The predicted octanol–water partition coefficient (Wildman–Crippen LogP) is 2.63. The molecule has 2 heteroatoms. The number of benzene rings is 1. The van der Waals surface area contributed by atoms with Gasteiger partial charge < -0.3 is 9.47 Å². The fourth-order valence-electron chi connectivity index (χ4n) is 1.17. The molecule has 14 heavy (non-hydrogen) atoms. The van der Waals surface area contributed by atoms with Gasteiger partial charge in [0.25, 0.3) is 0 Å². The first-order valence-corrected chi connectivity index (χ1v) is 5.13. The molecule has 1 aromatic rings. The summed E-state index contributed by atoms with van der Waals surface area (Å²) in [5, 5.41) is 0. The van der Waals surface area contributed by atoms with Gasteiger partial charge in [0, 0.05) is 19.8 Å². The smallest absolute Gasteiger partial charge is 0.0716 e. The van der Waals surface area contributed by atoms with Gasteiger partial charge in [0.1, 0.15) is 0 Å². The van der Waals surface area contributed by atoms with E-state index in [-0.39, 0.29) is 0 Å². The molecule has 0 aromatic heterocycles. The van der Waals surface area contributed by atoms with E-state index < -0.39 is 0 Å². The fourth-order valence-corrected chi connectivity index (χ4v) is 1.17. The molecule has 0 aliphatic heterocycles. The van der Waals surface area contributed by atoms with Gasteiger partial charge in [0.05, 0.1) is 6.61 Å². The van der Waals surface area contributed by atoms with Gasteiger partial charge in [-0.25, -0.2) is 0 Å². The molecule has 0 unspecified atom stereocenters. The minimum atomic E-state index is 0.701. The standard InChI is InChI=1S/C12H18O2/c1-2-13-9-6-10-14-11-12-7-4-3-5-8-12/h3-5,7-8H,2,6,9-11H2,1H3. The third-order valence-corrected chi connectivity index (χ3v) is 1.89. The molecule has 2 nitrogen and oxygen atoms in total. The van der Waals surface area contributed by atoms with E-state index in [0.29, 0.717) is 6.61 Å². The molecule has 0 aliphatic carbocycles.